The Morgan fingerprint density at radius 1 is 0.964 bits per heavy atom. The highest BCUT2D eigenvalue weighted by Gasteiger charge is 2.10. The van der Waals surface area contributed by atoms with Crippen LogP contribution in [0.3, 0.4) is 0 Å². The molecule has 0 aliphatic heterocycles. The normalized spacial score (nSPS) is 10.7. The predicted octanol–water partition coefficient (Wildman–Crippen LogP) is 3.09. The maximum absolute atomic E-state index is 12.7. The molecule has 3 rings (SSSR count). The zero-order valence-electron chi connectivity index (χ0n) is 14.8. The number of nitrogens with zero attached hydrogens (tertiary/aromatic N) is 1. The summed E-state index contributed by atoms with van der Waals surface area (Å²) in [5.74, 6) is -1.43. The Labute approximate surface area is 161 Å². The summed E-state index contributed by atoms with van der Waals surface area (Å²) in [6.45, 7) is 0. The molecular formula is C21H18N4O3. The highest BCUT2D eigenvalue weighted by Crippen LogP contribution is 2.28. The second-order valence-corrected chi connectivity index (χ2v) is 5.96. The summed E-state index contributed by atoms with van der Waals surface area (Å²) in [6, 6.07) is 17.5. The van der Waals surface area contributed by atoms with Crippen LogP contribution in [0.2, 0.25) is 0 Å². The highest BCUT2D eigenvalue weighted by molar-refractivity contribution is 6.10. The van der Waals surface area contributed by atoms with Crippen LogP contribution in [0.15, 0.2) is 71.7 Å². The number of amides is 1. The Bertz CT molecular complexity index is 1120. The maximum atomic E-state index is 12.7. The Kier molecular flexibility index (Phi) is 5.36. The van der Waals surface area contributed by atoms with E-state index in [1.165, 1.54) is 6.08 Å². The van der Waals surface area contributed by atoms with Crippen LogP contribution in [-0.2, 0) is 4.79 Å². The molecule has 3 aromatic carbocycles. The van der Waals surface area contributed by atoms with E-state index in [-0.39, 0.29) is 11.9 Å². The Morgan fingerprint density at radius 3 is 2.43 bits per heavy atom. The number of aliphatic imine (C=N–C) groups is 1. The molecule has 0 fully saturated rings. The molecule has 28 heavy (non-hydrogen) atoms. The third-order valence-electron chi connectivity index (χ3n) is 3.98. The van der Waals surface area contributed by atoms with Gasteiger partial charge >= 0.3 is 5.97 Å². The van der Waals surface area contributed by atoms with Crippen molar-refractivity contribution in [1.29, 1.82) is 0 Å². The molecule has 140 valence electrons. The van der Waals surface area contributed by atoms with E-state index >= 15 is 0 Å². The lowest BCUT2D eigenvalue weighted by Crippen LogP contribution is -2.21. The quantitative estimate of drug-likeness (QED) is 0.310. The number of benzene rings is 3. The first kappa shape index (κ1) is 18.7. The van der Waals surface area contributed by atoms with Gasteiger partial charge in [-0.15, -0.1) is 0 Å². The van der Waals surface area contributed by atoms with Crippen molar-refractivity contribution in [3.05, 3.63) is 77.9 Å². The number of guanidine groups is 1. The van der Waals surface area contributed by atoms with Gasteiger partial charge in [-0.05, 0) is 41.3 Å². The lowest BCUT2D eigenvalue weighted by molar-refractivity contribution is -0.131. The summed E-state index contributed by atoms with van der Waals surface area (Å²) in [4.78, 5) is 27.4. The fourth-order valence-electron chi connectivity index (χ4n) is 2.80. The van der Waals surface area contributed by atoms with Crippen LogP contribution >= 0.6 is 0 Å². The van der Waals surface area contributed by atoms with Crippen LogP contribution in [0.1, 0.15) is 15.9 Å². The molecule has 0 heterocycles. The zero-order valence-corrected chi connectivity index (χ0v) is 14.8. The van der Waals surface area contributed by atoms with E-state index in [0.29, 0.717) is 16.9 Å². The minimum Gasteiger partial charge on any atom is -0.478 e. The van der Waals surface area contributed by atoms with Crippen molar-refractivity contribution in [2.75, 3.05) is 5.32 Å². The molecule has 0 atom stereocenters. The van der Waals surface area contributed by atoms with Gasteiger partial charge in [0.05, 0.1) is 5.69 Å². The SMILES string of the molecule is NC(N)=Nc1cccc(C(=O)Nc2ccc(C=CC(=O)O)c3ccccc23)c1. The standard InChI is InChI=1S/C21H18N4O3/c22-21(23)24-15-5-3-4-14(12-15)20(28)25-18-10-8-13(9-11-19(26)27)16-6-1-2-7-17(16)18/h1-12H,(H,25,28)(H,26,27)(H4,22,23,24). The lowest BCUT2D eigenvalue weighted by Gasteiger charge is -2.11. The fraction of sp³-hybridized carbons (Fsp3) is 0. The Morgan fingerprint density at radius 2 is 1.71 bits per heavy atom. The second kappa shape index (κ2) is 8.05. The molecular weight excluding hydrogens is 356 g/mol. The second-order valence-electron chi connectivity index (χ2n) is 5.96. The first-order valence-electron chi connectivity index (χ1n) is 8.38. The van der Waals surface area contributed by atoms with Gasteiger partial charge < -0.3 is 21.9 Å². The van der Waals surface area contributed by atoms with Crippen molar-refractivity contribution in [2.24, 2.45) is 16.5 Å². The summed E-state index contributed by atoms with van der Waals surface area (Å²) in [6.07, 6.45) is 2.60. The molecule has 0 radical (unpaired) electrons. The van der Waals surface area contributed by atoms with Gasteiger partial charge in [0.15, 0.2) is 5.96 Å². The number of rotatable bonds is 5. The van der Waals surface area contributed by atoms with Gasteiger partial charge in [0.25, 0.3) is 5.91 Å². The summed E-state index contributed by atoms with van der Waals surface area (Å²) in [5, 5.41) is 13.4. The van der Waals surface area contributed by atoms with E-state index in [1.54, 1.807) is 36.4 Å². The molecule has 0 aliphatic carbocycles. The maximum Gasteiger partial charge on any atom is 0.328 e. The number of hydrogen-bond donors (Lipinski definition) is 4. The smallest absolute Gasteiger partial charge is 0.328 e. The molecule has 6 N–H and O–H groups in total. The van der Waals surface area contributed by atoms with Gasteiger partial charge in [0.1, 0.15) is 0 Å². The van der Waals surface area contributed by atoms with E-state index in [1.807, 2.05) is 24.3 Å². The monoisotopic (exact) mass is 374 g/mol. The van der Waals surface area contributed by atoms with Crippen molar-refractivity contribution in [1.82, 2.24) is 0 Å². The minimum absolute atomic E-state index is 0.0893. The van der Waals surface area contributed by atoms with Crippen molar-refractivity contribution in [3.63, 3.8) is 0 Å². The molecule has 0 bridgehead atoms. The van der Waals surface area contributed by atoms with Crippen LogP contribution in [0.4, 0.5) is 11.4 Å². The Hall–Kier alpha value is -4.13. The molecule has 0 unspecified atom stereocenters. The van der Waals surface area contributed by atoms with E-state index in [0.717, 1.165) is 22.4 Å². The topological polar surface area (TPSA) is 131 Å². The number of carboxylic acids is 1. The summed E-state index contributed by atoms with van der Waals surface area (Å²) in [5.41, 5.74) is 13.0. The number of carbonyl (C=O) groups is 2. The van der Waals surface area contributed by atoms with E-state index in [4.69, 9.17) is 16.6 Å². The number of fused-ring (bicyclic) bond motifs is 1. The number of carbonyl (C=O) groups excluding carboxylic acids is 1. The van der Waals surface area contributed by atoms with Gasteiger partial charge in [0, 0.05) is 22.7 Å². The van der Waals surface area contributed by atoms with Crippen LogP contribution < -0.4 is 16.8 Å². The Balaban J connectivity index is 1.95. The van der Waals surface area contributed by atoms with Gasteiger partial charge in [-0.25, -0.2) is 9.79 Å². The number of nitrogens with two attached hydrogens (primary N) is 2. The van der Waals surface area contributed by atoms with Crippen molar-refractivity contribution < 1.29 is 14.7 Å². The highest BCUT2D eigenvalue weighted by atomic mass is 16.4. The molecule has 0 saturated carbocycles. The number of hydrogen-bond acceptors (Lipinski definition) is 3. The molecule has 1 amide bonds. The fourth-order valence-corrected chi connectivity index (χ4v) is 2.80. The van der Waals surface area contributed by atoms with Crippen LogP contribution in [0.5, 0.6) is 0 Å². The molecule has 0 aromatic heterocycles. The van der Waals surface area contributed by atoms with Gasteiger partial charge in [-0.3, -0.25) is 4.79 Å². The summed E-state index contributed by atoms with van der Waals surface area (Å²) >= 11 is 0. The van der Waals surface area contributed by atoms with E-state index in [9.17, 15) is 9.59 Å². The van der Waals surface area contributed by atoms with Gasteiger partial charge in [-0.1, -0.05) is 36.4 Å². The summed E-state index contributed by atoms with van der Waals surface area (Å²) in [7, 11) is 0. The average molecular weight is 374 g/mol. The molecule has 0 saturated heterocycles. The predicted molar refractivity (Wildman–Crippen MR) is 110 cm³/mol. The minimum atomic E-state index is -1.03. The van der Waals surface area contributed by atoms with Crippen LogP contribution in [0.25, 0.3) is 16.8 Å². The first-order valence-corrected chi connectivity index (χ1v) is 8.38. The van der Waals surface area contributed by atoms with Crippen molar-refractivity contribution in [3.8, 4) is 0 Å². The molecule has 0 aliphatic rings. The number of aliphatic carboxylic acids is 1. The number of carboxylic acid groups (broad SMARTS) is 1. The summed E-state index contributed by atoms with van der Waals surface area (Å²) < 4.78 is 0. The third kappa shape index (κ3) is 4.34. The molecule has 0 spiro atoms. The average Bonchev–Trinajstić information content (AvgIpc) is 2.67. The largest absolute Gasteiger partial charge is 0.478 e. The molecule has 7 heteroatoms. The zero-order chi connectivity index (χ0) is 20.1. The van der Waals surface area contributed by atoms with Gasteiger partial charge in [-0.2, -0.15) is 0 Å². The lowest BCUT2D eigenvalue weighted by atomic mass is 10.0. The van der Waals surface area contributed by atoms with Gasteiger partial charge in [0.2, 0.25) is 0 Å². The molecule has 3 aromatic rings. The van der Waals surface area contributed by atoms with E-state index < -0.39 is 5.97 Å². The number of nitrogens with one attached hydrogen (secondary N) is 1. The van der Waals surface area contributed by atoms with Crippen LogP contribution in [0, 0.1) is 0 Å². The van der Waals surface area contributed by atoms with Crippen LogP contribution in [-0.4, -0.2) is 22.9 Å². The first-order chi connectivity index (χ1) is 13.4. The van der Waals surface area contributed by atoms with Crippen molar-refractivity contribution >= 4 is 46.1 Å². The molecule has 7 nitrogen and oxygen atoms in total. The third-order valence-corrected chi connectivity index (χ3v) is 3.98. The van der Waals surface area contributed by atoms with Crippen molar-refractivity contribution in [2.45, 2.75) is 0 Å². The van der Waals surface area contributed by atoms with E-state index in [2.05, 4.69) is 10.3 Å². The number of anilines is 1.